The third-order valence-electron chi connectivity index (χ3n) is 5.91. The van der Waals surface area contributed by atoms with Gasteiger partial charge in [-0.2, -0.15) is 5.10 Å². The van der Waals surface area contributed by atoms with Crippen molar-refractivity contribution in [2.24, 2.45) is 0 Å². The van der Waals surface area contributed by atoms with Crippen molar-refractivity contribution in [2.75, 3.05) is 36.4 Å². The van der Waals surface area contributed by atoms with E-state index in [4.69, 9.17) is 0 Å². The maximum atomic E-state index is 12.9. The molecule has 1 aliphatic heterocycles. The van der Waals surface area contributed by atoms with Crippen molar-refractivity contribution >= 4 is 29.0 Å². The predicted molar refractivity (Wildman–Crippen MR) is 128 cm³/mol. The molecule has 0 spiro atoms. The van der Waals surface area contributed by atoms with Gasteiger partial charge in [0.05, 0.1) is 17.7 Å². The van der Waals surface area contributed by atoms with Crippen molar-refractivity contribution in [1.82, 2.24) is 14.7 Å². The molecule has 0 radical (unpaired) electrons. The highest BCUT2D eigenvalue weighted by atomic mass is 16.6. The van der Waals surface area contributed by atoms with E-state index < -0.39 is 10.8 Å². The first-order valence-electron chi connectivity index (χ1n) is 11.0. The number of nitro benzene ring substituents is 1. The summed E-state index contributed by atoms with van der Waals surface area (Å²) in [6.07, 6.45) is 1.59. The molecule has 176 valence electrons. The van der Waals surface area contributed by atoms with Crippen LogP contribution >= 0.6 is 0 Å². The van der Waals surface area contributed by atoms with Gasteiger partial charge in [-0.1, -0.05) is 29.8 Å². The maximum absolute atomic E-state index is 12.9. The summed E-state index contributed by atoms with van der Waals surface area (Å²) in [6, 6.07) is 14.2. The molecule has 4 rings (SSSR count). The van der Waals surface area contributed by atoms with Gasteiger partial charge in [0.15, 0.2) is 0 Å². The molecule has 2 amide bonds. The largest absolute Gasteiger partial charge is 0.362 e. The summed E-state index contributed by atoms with van der Waals surface area (Å²) in [7, 11) is 0. The van der Waals surface area contributed by atoms with Crippen molar-refractivity contribution in [3.63, 3.8) is 0 Å². The molecule has 10 heteroatoms. The van der Waals surface area contributed by atoms with Crippen molar-refractivity contribution in [1.29, 1.82) is 0 Å². The molecule has 34 heavy (non-hydrogen) atoms. The SMILES string of the molecule is CC(=O)N1CCN(c2ccc(C(=O)Nc3ccnn3Cc3ccc(C)cc3)cc2[N+](=O)[O-])CC1. The zero-order valence-corrected chi connectivity index (χ0v) is 19.1. The van der Waals surface area contributed by atoms with E-state index in [9.17, 15) is 19.7 Å². The fourth-order valence-corrected chi connectivity index (χ4v) is 3.96. The van der Waals surface area contributed by atoms with Crippen molar-refractivity contribution < 1.29 is 14.5 Å². The quantitative estimate of drug-likeness (QED) is 0.445. The zero-order chi connectivity index (χ0) is 24.2. The Bertz CT molecular complexity index is 1210. The zero-order valence-electron chi connectivity index (χ0n) is 19.1. The highest BCUT2D eigenvalue weighted by Crippen LogP contribution is 2.30. The van der Waals surface area contributed by atoms with E-state index >= 15 is 0 Å². The molecule has 2 aromatic carbocycles. The number of hydrogen-bond acceptors (Lipinski definition) is 6. The van der Waals surface area contributed by atoms with Crippen LogP contribution in [0.1, 0.15) is 28.4 Å². The molecule has 1 aliphatic rings. The van der Waals surface area contributed by atoms with Gasteiger partial charge in [0, 0.05) is 50.8 Å². The molecule has 1 N–H and O–H groups in total. The number of rotatable bonds is 6. The minimum absolute atomic E-state index is 0.0113. The van der Waals surface area contributed by atoms with Crippen molar-refractivity contribution in [3.8, 4) is 0 Å². The van der Waals surface area contributed by atoms with Gasteiger partial charge < -0.3 is 15.1 Å². The van der Waals surface area contributed by atoms with E-state index in [1.807, 2.05) is 36.1 Å². The second kappa shape index (κ2) is 9.74. The summed E-state index contributed by atoms with van der Waals surface area (Å²) in [5.41, 5.74) is 2.67. The number of anilines is 2. The fourth-order valence-electron chi connectivity index (χ4n) is 3.96. The second-order valence-electron chi connectivity index (χ2n) is 8.27. The number of nitrogens with zero attached hydrogens (tertiary/aromatic N) is 5. The topological polar surface area (TPSA) is 114 Å². The molecule has 10 nitrogen and oxygen atoms in total. The number of benzene rings is 2. The average Bonchev–Trinajstić information content (AvgIpc) is 3.26. The van der Waals surface area contributed by atoms with Gasteiger partial charge in [-0.15, -0.1) is 0 Å². The average molecular weight is 463 g/mol. The highest BCUT2D eigenvalue weighted by Gasteiger charge is 2.26. The lowest BCUT2D eigenvalue weighted by molar-refractivity contribution is -0.384. The normalized spacial score (nSPS) is 13.6. The molecule has 1 saturated heterocycles. The summed E-state index contributed by atoms with van der Waals surface area (Å²) in [6.45, 7) is 5.99. The molecule has 0 unspecified atom stereocenters. The Morgan fingerprint density at radius 2 is 1.76 bits per heavy atom. The summed E-state index contributed by atoms with van der Waals surface area (Å²) in [5, 5.41) is 18.9. The van der Waals surface area contributed by atoms with Crippen LogP contribution in [0.15, 0.2) is 54.7 Å². The number of carbonyl (C=O) groups excluding carboxylic acids is 2. The molecular weight excluding hydrogens is 436 g/mol. The van der Waals surface area contributed by atoms with Gasteiger partial charge in [-0.3, -0.25) is 19.7 Å². The highest BCUT2D eigenvalue weighted by molar-refractivity contribution is 6.04. The number of aryl methyl sites for hydroxylation is 1. The van der Waals surface area contributed by atoms with Crippen molar-refractivity contribution in [2.45, 2.75) is 20.4 Å². The fraction of sp³-hybridized carbons (Fsp3) is 0.292. The first kappa shape index (κ1) is 23.0. The number of carbonyl (C=O) groups is 2. The third-order valence-corrected chi connectivity index (χ3v) is 5.91. The van der Waals surface area contributed by atoms with Crippen LogP contribution in [0.4, 0.5) is 17.2 Å². The van der Waals surface area contributed by atoms with E-state index in [-0.39, 0.29) is 17.2 Å². The number of piperazine rings is 1. The Balaban J connectivity index is 1.50. The van der Waals surface area contributed by atoms with Crippen LogP contribution in [0.5, 0.6) is 0 Å². The second-order valence-corrected chi connectivity index (χ2v) is 8.27. The Kier molecular flexibility index (Phi) is 6.58. The number of aromatic nitrogens is 2. The molecule has 0 aliphatic carbocycles. The van der Waals surface area contributed by atoms with Gasteiger partial charge in [0.25, 0.3) is 11.6 Å². The lowest BCUT2D eigenvalue weighted by Crippen LogP contribution is -2.48. The van der Waals surface area contributed by atoms with E-state index in [0.29, 0.717) is 44.2 Å². The number of amides is 2. The van der Waals surface area contributed by atoms with Crippen LogP contribution in [0, 0.1) is 17.0 Å². The Morgan fingerprint density at radius 3 is 2.41 bits per heavy atom. The van der Waals surface area contributed by atoms with Gasteiger partial charge >= 0.3 is 0 Å². The van der Waals surface area contributed by atoms with Gasteiger partial charge in [0.2, 0.25) is 5.91 Å². The van der Waals surface area contributed by atoms with Gasteiger partial charge in [-0.25, -0.2) is 4.68 Å². The minimum Gasteiger partial charge on any atom is -0.362 e. The maximum Gasteiger partial charge on any atom is 0.293 e. The molecule has 3 aromatic rings. The van der Waals surface area contributed by atoms with Crippen LogP contribution < -0.4 is 10.2 Å². The lowest BCUT2D eigenvalue weighted by Gasteiger charge is -2.35. The minimum atomic E-state index is -0.481. The lowest BCUT2D eigenvalue weighted by atomic mass is 10.1. The van der Waals surface area contributed by atoms with E-state index in [1.54, 1.807) is 34.0 Å². The summed E-state index contributed by atoms with van der Waals surface area (Å²) in [5.74, 6) is 0.0298. The van der Waals surface area contributed by atoms with Crippen LogP contribution in [0.2, 0.25) is 0 Å². The van der Waals surface area contributed by atoms with Crippen LogP contribution in [-0.4, -0.2) is 57.6 Å². The summed E-state index contributed by atoms with van der Waals surface area (Å²) < 4.78 is 1.67. The Labute approximate surface area is 196 Å². The monoisotopic (exact) mass is 462 g/mol. The van der Waals surface area contributed by atoms with Gasteiger partial charge in [0.1, 0.15) is 11.5 Å². The van der Waals surface area contributed by atoms with Crippen LogP contribution in [-0.2, 0) is 11.3 Å². The standard InChI is InChI=1S/C24H26N6O4/c1-17-3-5-19(6-4-17)16-29-23(9-10-25-29)26-24(32)20-7-8-21(22(15-20)30(33)34)28-13-11-27(12-14-28)18(2)31/h3-10,15H,11-14,16H2,1-2H3,(H,26,32). The van der Waals surface area contributed by atoms with E-state index in [1.165, 1.54) is 13.0 Å². The Hall–Kier alpha value is -4.21. The number of nitro groups is 1. The number of nitrogens with one attached hydrogen (secondary N) is 1. The van der Waals surface area contributed by atoms with E-state index in [0.717, 1.165) is 11.1 Å². The molecule has 0 atom stereocenters. The van der Waals surface area contributed by atoms with Crippen molar-refractivity contribution in [3.05, 3.63) is 81.5 Å². The molecule has 0 saturated carbocycles. The molecule has 1 aromatic heterocycles. The molecule has 2 heterocycles. The molecule has 0 bridgehead atoms. The van der Waals surface area contributed by atoms with Crippen LogP contribution in [0.25, 0.3) is 0 Å². The first-order chi connectivity index (χ1) is 16.3. The summed E-state index contributed by atoms with van der Waals surface area (Å²) in [4.78, 5) is 39.3. The molecular formula is C24H26N6O4. The smallest absolute Gasteiger partial charge is 0.293 e. The summed E-state index contributed by atoms with van der Waals surface area (Å²) >= 11 is 0. The third kappa shape index (κ3) is 5.06. The predicted octanol–water partition coefficient (Wildman–Crippen LogP) is 3.07. The Morgan fingerprint density at radius 1 is 1.06 bits per heavy atom. The van der Waals surface area contributed by atoms with Gasteiger partial charge in [-0.05, 0) is 24.6 Å². The van der Waals surface area contributed by atoms with E-state index in [2.05, 4.69) is 10.4 Å². The number of hydrogen-bond donors (Lipinski definition) is 1. The first-order valence-corrected chi connectivity index (χ1v) is 11.0. The van der Waals surface area contributed by atoms with Crippen LogP contribution in [0.3, 0.4) is 0 Å². The molecule has 1 fully saturated rings.